The van der Waals surface area contributed by atoms with Crippen LogP contribution in [0.4, 0.5) is 5.82 Å². The number of nitriles is 1. The molecule has 2 aromatic heterocycles. The van der Waals surface area contributed by atoms with E-state index in [4.69, 9.17) is 5.10 Å². The molecule has 4 rings (SSSR count). The van der Waals surface area contributed by atoms with Gasteiger partial charge >= 0.3 is 0 Å². The predicted molar refractivity (Wildman–Crippen MR) is 116 cm³/mol. The van der Waals surface area contributed by atoms with Crippen molar-refractivity contribution in [1.82, 2.24) is 19.5 Å². The van der Waals surface area contributed by atoms with Gasteiger partial charge in [0.2, 0.25) is 5.91 Å². The fraction of sp³-hybridized carbons (Fsp3) is 0.391. The van der Waals surface area contributed by atoms with E-state index in [1.807, 2.05) is 35.2 Å². The largest absolute Gasteiger partial charge is 0.367 e. The lowest BCUT2D eigenvalue weighted by atomic mass is 10.1. The summed E-state index contributed by atoms with van der Waals surface area (Å²) in [4.78, 5) is 19.0. The summed E-state index contributed by atoms with van der Waals surface area (Å²) in [6.45, 7) is 5.67. The molecule has 1 N–H and O–H groups in total. The molecule has 1 amide bonds. The number of benzene rings is 1. The summed E-state index contributed by atoms with van der Waals surface area (Å²) in [7, 11) is 0. The zero-order valence-corrected chi connectivity index (χ0v) is 17.4. The van der Waals surface area contributed by atoms with E-state index in [-0.39, 0.29) is 11.9 Å². The van der Waals surface area contributed by atoms with Gasteiger partial charge in [-0.05, 0) is 43.0 Å². The molecule has 3 aromatic rings. The number of carbonyl (C=O) groups is 1. The standard InChI is InChI=1S/C23H26N6O/c1-16(2)11-23(30)28-10-4-7-19(28)14-25-21-8-9-22-26-15-20(29(22)27-21)18-6-3-5-17(12-18)13-24/h3,5-6,8-9,12,15-16,19H,4,7,10-11,14H2,1-2H3,(H,25,27). The van der Waals surface area contributed by atoms with Gasteiger partial charge in [0.1, 0.15) is 5.82 Å². The molecule has 1 fully saturated rings. The van der Waals surface area contributed by atoms with E-state index in [2.05, 4.69) is 30.2 Å². The summed E-state index contributed by atoms with van der Waals surface area (Å²) < 4.78 is 1.79. The molecule has 1 saturated heterocycles. The fourth-order valence-electron chi connectivity index (χ4n) is 3.98. The predicted octanol–water partition coefficient (Wildman–Crippen LogP) is 3.72. The van der Waals surface area contributed by atoms with Crippen LogP contribution in [0.3, 0.4) is 0 Å². The number of fused-ring (bicyclic) bond motifs is 1. The van der Waals surface area contributed by atoms with Crippen LogP contribution >= 0.6 is 0 Å². The molecule has 0 saturated carbocycles. The first-order valence-corrected chi connectivity index (χ1v) is 10.4. The SMILES string of the molecule is CC(C)CC(=O)N1CCCC1CNc1ccc2ncc(-c3cccc(C#N)c3)n2n1. The summed E-state index contributed by atoms with van der Waals surface area (Å²) in [5.74, 6) is 1.35. The van der Waals surface area contributed by atoms with Crippen LogP contribution in [-0.2, 0) is 4.79 Å². The van der Waals surface area contributed by atoms with Crippen molar-refractivity contribution < 1.29 is 4.79 Å². The molecule has 7 nitrogen and oxygen atoms in total. The molecule has 0 aliphatic carbocycles. The summed E-state index contributed by atoms with van der Waals surface area (Å²) in [6, 6.07) is 13.6. The Hall–Kier alpha value is -3.40. The summed E-state index contributed by atoms with van der Waals surface area (Å²) >= 11 is 0. The molecule has 154 valence electrons. The Morgan fingerprint density at radius 2 is 2.20 bits per heavy atom. The third-order valence-electron chi connectivity index (χ3n) is 5.45. The molecule has 3 heterocycles. The lowest BCUT2D eigenvalue weighted by molar-refractivity contribution is -0.132. The number of imidazole rings is 1. The first-order chi connectivity index (χ1) is 14.5. The molecular weight excluding hydrogens is 376 g/mol. The number of nitrogens with zero attached hydrogens (tertiary/aromatic N) is 5. The van der Waals surface area contributed by atoms with Gasteiger partial charge in [0.15, 0.2) is 5.65 Å². The minimum Gasteiger partial charge on any atom is -0.367 e. The highest BCUT2D eigenvalue weighted by Crippen LogP contribution is 2.23. The quantitative estimate of drug-likeness (QED) is 0.679. The smallest absolute Gasteiger partial charge is 0.223 e. The van der Waals surface area contributed by atoms with E-state index in [0.29, 0.717) is 24.4 Å². The molecular formula is C23H26N6O. The van der Waals surface area contributed by atoms with Crippen LogP contribution in [0.2, 0.25) is 0 Å². The highest BCUT2D eigenvalue weighted by molar-refractivity contribution is 5.77. The molecule has 1 unspecified atom stereocenters. The number of rotatable bonds is 6. The van der Waals surface area contributed by atoms with Crippen LogP contribution in [0.15, 0.2) is 42.6 Å². The number of hydrogen-bond donors (Lipinski definition) is 1. The van der Waals surface area contributed by atoms with E-state index in [9.17, 15) is 10.1 Å². The maximum absolute atomic E-state index is 12.5. The van der Waals surface area contributed by atoms with Gasteiger partial charge in [-0.25, -0.2) is 9.50 Å². The topological polar surface area (TPSA) is 86.3 Å². The van der Waals surface area contributed by atoms with Crippen molar-refractivity contribution in [2.75, 3.05) is 18.4 Å². The number of likely N-dealkylation sites (tertiary alicyclic amines) is 1. The summed E-state index contributed by atoms with van der Waals surface area (Å²) in [5.41, 5.74) is 3.07. The van der Waals surface area contributed by atoms with E-state index in [1.54, 1.807) is 16.8 Å². The van der Waals surface area contributed by atoms with Crippen LogP contribution in [0.1, 0.15) is 38.7 Å². The number of nitrogens with one attached hydrogen (secondary N) is 1. The Labute approximate surface area is 176 Å². The fourth-order valence-corrected chi connectivity index (χ4v) is 3.98. The number of hydrogen-bond acceptors (Lipinski definition) is 5. The third kappa shape index (κ3) is 4.13. The van der Waals surface area contributed by atoms with Gasteiger partial charge in [-0.1, -0.05) is 26.0 Å². The molecule has 1 atom stereocenters. The van der Waals surface area contributed by atoms with E-state index in [0.717, 1.165) is 42.1 Å². The van der Waals surface area contributed by atoms with E-state index < -0.39 is 0 Å². The molecule has 1 aliphatic rings. The van der Waals surface area contributed by atoms with Gasteiger partial charge in [0, 0.05) is 31.1 Å². The van der Waals surface area contributed by atoms with Crippen molar-refractivity contribution in [3.63, 3.8) is 0 Å². The number of aromatic nitrogens is 3. The average Bonchev–Trinajstić information content (AvgIpc) is 3.38. The second kappa shape index (κ2) is 8.54. The van der Waals surface area contributed by atoms with Gasteiger partial charge < -0.3 is 10.2 Å². The zero-order chi connectivity index (χ0) is 21.1. The summed E-state index contributed by atoms with van der Waals surface area (Å²) in [5, 5.41) is 17.3. The normalized spacial score (nSPS) is 16.2. The monoisotopic (exact) mass is 402 g/mol. The average molecular weight is 403 g/mol. The van der Waals surface area contributed by atoms with Gasteiger partial charge in [-0.15, -0.1) is 5.10 Å². The van der Waals surface area contributed by atoms with Crippen LogP contribution in [0.25, 0.3) is 16.9 Å². The van der Waals surface area contributed by atoms with Crippen LogP contribution < -0.4 is 5.32 Å². The number of carbonyl (C=O) groups excluding carboxylic acids is 1. The molecule has 0 radical (unpaired) electrons. The molecule has 1 aromatic carbocycles. The maximum Gasteiger partial charge on any atom is 0.223 e. The lowest BCUT2D eigenvalue weighted by Gasteiger charge is -2.26. The first kappa shape index (κ1) is 19.9. The highest BCUT2D eigenvalue weighted by atomic mass is 16.2. The molecule has 30 heavy (non-hydrogen) atoms. The van der Waals surface area contributed by atoms with Gasteiger partial charge in [-0.3, -0.25) is 4.79 Å². The second-order valence-corrected chi connectivity index (χ2v) is 8.19. The Morgan fingerprint density at radius 1 is 1.33 bits per heavy atom. The van der Waals surface area contributed by atoms with Crippen LogP contribution in [0, 0.1) is 17.2 Å². The van der Waals surface area contributed by atoms with Crippen molar-refractivity contribution in [3.05, 3.63) is 48.2 Å². The molecule has 7 heteroatoms. The van der Waals surface area contributed by atoms with E-state index >= 15 is 0 Å². The lowest BCUT2D eigenvalue weighted by Crippen LogP contribution is -2.40. The van der Waals surface area contributed by atoms with Gasteiger partial charge in [0.25, 0.3) is 0 Å². The Morgan fingerprint density at radius 3 is 3.00 bits per heavy atom. The van der Waals surface area contributed by atoms with Crippen molar-refractivity contribution in [2.24, 2.45) is 5.92 Å². The van der Waals surface area contributed by atoms with Crippen LogP contribution in [0.5, 0.6) is 0 Å². The molecule has 0 spiro atoms. The van der Waals surface area contributed by atoms with Crippen molar-refractivity contribution in [3.8, 4) is 17.3 Å². The highest BCUT2D eigenvalue weighted by Gasteiger charge is 2.28. The Bertz CT molecular complexity index is 1100. The van der Waals surface area contributed by atoms with E-state index in [1.165, 1.54) is 0 Å². The van der Waals surface area contributed by atoms with Gasteiger partial charge in [-0.2, -0.15) is 5.26 Å². The van der Waals surface area contributed by atoms with Crippen molar-refractivity contribution >= 4 is 17.4 Å². The van der Waals surface area contributed by atoms with Gasteiger partial charge in [0.05, 0.1) is 23.5 Å². The van der Waals surface area contributed by atoms with Crippen LogP contribution in [-0.4, -0.2) is 44.5 Å². The van der Waals surface area contributed by atoms with Crippen molar-refractivity contribution in [1.29, 1.82) is 5.26 Å². The third-order valence-corrected chi connectivity index (χ3v) is 5.45. The number of anilines is 1. The minimum absolute atomic E-state index is 0.198. The molecule has 0 bridgehead atoms. The second-order valence-electron chi connectivity index (χ2n) is 8.19. The van der Waals surface area contributed by atoms with Crippen molar-refractivity contribution in [2.45, 2.75) is 39.2 Å². The Kier molecular flexibility index (Phi) is 5.66. The Balaban J connectivity index is 1.51. The zero-order valence-electron chi connectivity index (χ0n) is 17.4. The minimum atomic E-state index is 0.198. The first-order valence-electron chi connectivity index (χ1n) is 10.4. The number of amides is 1. The molecule has 1 aliphatic heterocycles. The maximum atomic E-state index is 12.5. The summed E-state index contributed by atoms with van der Waals surface area (Å²) in [6.07, 6.45) is 4.42.